The summed E-state index contributed by atoms with van der Waals surface area (Å²) in [7, 11) is 0. The summed E-state index contributed by atoms with van der Waals surface area (Å²) in [6.07, 6.45) is 3.44. The van der Waals surface area contributed by atoms with Crippen LogP contribution in [0.5, 0.6) is 0 Å². The van der Waals surface area contributed by atoms with Gasteiger partial charge in [-0.25, -0.2) is 4.98 Å². The maximum absolute atomic E-state index is 5.35. The molecule has 3 aromatic heterocycles. The predicted molar refractivity (Wildman–Crippen MR) is 69.1 cm³/mol. The molecule has 0 radical (unpaired) electrons. The molecule has 0 bridgehead atoms. The van der Waals surface area contributed by atoms with Crippen LogP contribution in [0.4, 0.5) is 0 Å². The fraction of sp³-hybridized carbons (Fsp3) is 0. The van der Waals surface area contributed by atoms with E-state index in [1.165, 1.54) is 0 Å². The van der Waals surface area contributed by atoms with Gasteiger partial charge < -0.3 is 9.40 Å². The molecule has 1 N–H and O–H groups in total. The molecule has 3 heterocycles. The topological polar surface area (TPSA) is 54.7 Å². The molecule has 0 amide bonds. The van der Waals surface area contributed by atoms with Gasteiger partial charge in [0.25, 0.3) is 0 Å². The van der Waals surface area contributed by atoms with Gasteiger partial charge in [-0.15, -0.1) is 0 Å². The van der Waals surface area contributed by atoms with E-state index >= 15 is 0 Å². The van der Waals surface area contributed by atoms with Crippen molar-refractivity contribution in [2.45, 2.75) is 0 Å². The number of para-hydroxylation sites is 1. The molecule has 0 unspecified atom stereocenters. The first-order chi connectivity index (χ1) is 8.92. The van der Waals surface area contributed by atoms with Crippen LogP contribution in [0.3, 0.4) is 0 Å². The monoisotopic (exact) mass is 235 g/mol. The van der Waals surface area contributed by atoms with Crippen molar-refractivity contribution in [3.63, 3.8) is 0 Å². The Balaban J connectivity index is 2.08. The van der Waals surface area contributed by atoms with E-state index in [0.29, 0.717) is 0 Å². The minimum atomic E-state index is 0.730. The molecule has 0 fully saturated rings. The smallest absolute Gasteiger partial charge is 0.174 e. The van der Waals surface area contributed by atoms with Crippen molar-refractivity contribution in [1.82, 2.24) is 15.0 Å². The number of hydrogen-bond donors (Lipinski definition) is 1. The highest BCUT2D eigenvalue weighted by atomic mass is 16.3. The average Bonchev–Trinajstić information content (AvgIpc) is 3.07. The standard InChI is InChI=1S/C14H9N3O/c1-2-5-10-9(4-1)13-11(8-15-10)16-14(17-13)12-6-3-7-18-12/h1-8H,(H,16,17). The molecule has 0 aliphatic heterocycles. The van der Waals surface area contributed by atoms with E-state index < -0.39 is 0 Å². The molecule has 0 saturated carbocycles. The van der Waals surface area contributed by atoms with Gasteiger partial charge >= 0.3 is 0 Å². The maximum atomic E-state index is 5.35. The minimum Gasteiger partial charge on any atom is -0.461 e. The number of benzene rings is 1. The van der Waals surface area contributed by atoms with E-state index in [1.807, 2.05) is 36.4 Å². The second-order valence-corrected chi connectivity index (χ2v) is 4.10. The highest BCUT2D eigenvalue weighted by Crippen LogP contribution is 2.25. The zero-order chi connectivity index (χ0) is 11.9. The van der Waals surface area contributed by atoms with Crippen molar-refractivity contribution in [2.75, 3.05) is 0 Å². The number of imidazole rings is 1. The number of aromatic amines is 1. The average molecular weight is 235 g/mol. The summed E-state index contributed by atoms with van der Waals surface area (Å²) < 4.78 is 5.35. The SMILES string of the molecule is c1coc(-c2nc3c(cnc4ccccc43)[nH]2)c1. The van der Waals surface area contributed by atoms with Gasteiger partial charge in [-0.2, -0.15) is 0 Å². The summed E-state index contributed by atoms with van der Waals surface area (Å²) in [6.45, 7) is 0. The van der Waals surface area contributed by atoms with Crippen LogP contribution in [0, 0.1) is 0 Å². The summed E-state index contributed by atoms with van der Waals surface area (Å²) in [6, 6.07) is 11.7. The number of nitrogens with zero attached hydrogens (tertiary/aromatic N) is 2. The van der Waals surface area contributed by atoms with Gasteiger partial charge in [0.15, 0.2) is 11.6 Å². The highest BCUT2D eigenvalue weighted by Gasteiger charge is 2.10. The highest BCUT2D eigenvalue weighted by molar-refractivity contribution is 6.02. The second kappa shape index (κ2) is 3.43. The number of rotatable bonds is 1. The maximum Gasteiger partial charge on any atom is 0.174 e. The Morgan fingerprint density at radius 3 is 2.89 bits per heavy atom. The molecule has 4 aromatic rings. The summed E-state index contributed by atoms with van der Waals surface area (Å²) in [5, 5.41) is 1.05. The first kappa shape index (κ1) is 9.41. The largest absolute Gasteiger partial charge is 0.461 e. The lowest BCUT2D eigenvalue weighted by atomic mass is 10.2. The molecule has 0 atom stereocenters. The third-order valence-electron chi connectivity index (χ3n) is 2.98. The zero-order valence-corrected chi connectivity index (χ0v) is 9.42. The quantitative estimate of drug-likeness (QED) is 0.550. The molecule has 0 aliphatic rings. The lowest BCUT2D eigenvalue weighted by Gasteiger charge is -1.95. The van der Waals surface area contributed by atoms with Gasteiger partial charge in [-0.05, 0) is 18.2 Å². The molecule has 4 rings (SSSR count). The fourth-order valence-corrected chi connectivity index (χ4v) is 2.14. The summed E-state index contributed by atoms with van der Waals surface area (Å²) in [4.78, 5) is 12.2. The van der Waals surface area contributed by atoms with Crippen molar-refractivity contribution < 1.29 is 4.42 Å². The van der Waals surface area contributed by atoms with Crippen molar-refractivity contribution in [2.24, 2.45) is 0 Å². The lowest BCUT2D eigenvalue weighted by Crippen LogP contribution is -1.79. The fourth-order valence-electron chi connectivity index (χ4n) is 2.14. The van der Waals surface area contributed by atoms with Gasteiger partial charge in [-0.1, -0.05) is 18.2 Å². The minimum absolute atomic E-state index is 0.730. The molecule has 4 heteroatoms. The van der Waals surface area contributed by atoms with E-state index in [1.54, 1.807) is 12.5 Å². The first-order valence-electron chi connectivity index (χ1n) is 5.69. The number of H-pyrrole nitrogens is 1. The Morgan fingerprint density at radius 2 is 2.00 bits per heavy atom. The van der Waals surface area contributed by atoms with E-state index in [-0.39, 0.29) is 0 Å². The van der Waals surface area contributed by atoms with E-state index in [4.69, 9.17) is 4.42 Å². The summed E-state index contributed by atoms with van der Waals surface area (Å²) in [5.74, 6) is 1.46. The predicted octanol–water partition coefficient (Wildman–Crippen LogP) is 3.37. The summed E-state index contributed by atoms with van der Waals surface area (Å²) in [5.41, 5.74) is 2.79. The van der Waals surface area contributed by atoms with Crippen LogP contribution in [0.2, 0.25) is 0 Å². The zero-order valence-electron chi connectivity index (χ0n) is 9.42. The van der Waals surface area contributed by atoms with Crippen molar-refractivity contribution >= 4 is 21.9 Å². The van der Waals surface area contributed by atoms with Crippen LogP contribution < -0.4 is 0 Å². The van der Waals surface area contributed by atoms with Crippen LogP contribution in [0.25, 0.3) is 33.5 Å². The normalized spacial score (nSPS) is 11.3. The Morgan fingerprint density at radius 1 is 1.06 bits per heavy atom. The van der Waals surface area contributed by atoms with Crippen LogP contribution in [0.15, 0.2) is 53.3 Å². The van der Waals surface area contributed by atoms with Crippen molar-refractivity contribution in [3.05, 3.63) is 48.9 Å². The third-order valence-corrected chi connectivity index (χ3v) is 2.98. The van der Waals surface area contributed by atoms with Gasteiger partial charge in [0, 0.05) is 5.39 Å². The van der Waals surface area contributed by atoms with E-state index in [9.17, 15) is 0 Å². The van der Waals surface area contributed by atoms with E-state index in [0.717, 1.165) is 33.5 Å². The van der Waals surface area contributed by atoms with Gasteiger partial charge in [-0.3, -0.25) is 4.98 Å². The van der Waals surface area contributed by atoms with Gasteiger partial charge in [0.2, 0.25) is 0 Å². The molecule has 1 aromatic carbocycles. The first-order valence-corrected chi connectivity index (χ1v) is 5.69. The number of aromatic nitrogens is 3. The Bertz CT molecular complexity index is 831. The number of fused-ring (bicyclic) bond motifs is 3. The van der Waals surface area contributed by atoms with E-state index in [2.05, 4.69) is 15.0 Å². The molecule has 0 spiro atoms. The van der Waals surface area contributed by atoms with Gasteiger partial charge in [0.1, 0.15) is 5.52 Å². The Kier molecular flexibility index (Phi) is 1.80. The molecular weight excluding hydrogens is 226 g/mol. The van der Waals surface area contributed by atoms with Crippen LogP contribution in [-0.2, 0) is 0 Å². The van der Waals surface area contributed by atoms with Crippen LogP contribution in [0.1, 0.15) is 0 Å². The summed E-state index contributed by atoms with van der Waals surface area (Å²) >= 11 is 0. The molecule has 4 nitrogen and oxygen atoms in total. The Hall–Kier alpha value is -2.62. The molecule has 0 saturated heterocycles. The van der Waals surface area contributed by atoms with Crippen LogP contribution >= 0.6 is 0 Å². The molecular formula is C14H9N3O. The second-order valence-electron chi connectivity index (χ2n) is 4.10. The number of hydrogen-bond acceptors (Lipinski definition) is 3. The van der Waals surface area contributed by atoms with Crippen molar-refractivity contribution in [3.8, 4) is 11.6 Å². The molecule has 18 heavy (non-hydrogen) atoms. The number of furan rings is 1. The Labute approximate surface area is 102 Å². The number of pyridine rings is 1. The third kappa shape index (κ3) is 1.26. The molecule has 0 aliphatic carbocycles. The van der Waals surface area contributed by atoms with Gasteiger partial charge in [0.05, 0.1) is 23.5 Å². The number of nitrogens with one attached hydrogen (secondary N) is 1. The lowest BCUT2D eigenvalue weighted by molar-refractivity contribution is 0.578. The van der Waals surface area contributed by atoms with Crippen LogP contribution in [-0.4, -0.2) is 15.0 Å². The van der Waals surface area contributed by atoms with Crippen molar-refractivity contribution in [1.29, 1.82) is 0 Å². The molecule has 86 valence electrons.